The van der Waals surface area contributed by atoms with Crippen molar-refractivity contribution in [2.75, 3.05) is 0 Å². The molecule has 0 saturated heterocycles. The van der Waals surface area contributed by atoms with Crippen LogP contribution in [0.2, 0.25) is 0 Å². The first-order chi connectivity index (χ1) is 25.3. The number of fused-ring (bicyclic) bond motifs is 10. The summed E-state index contributed by atoms with van der Waals surface area (Å²) in [5, 5.41) is 9.83. The van der Waals surface area contributed by atoms with E-state index in [0.29, 0.717) is 0 Å². The van der Waals surface area contributed by atoms with Crippen LogP contribution in [-0.4, -0.2) is 22.4 Å². The van der Waals surface area contributed by atoms with Gasteiger partial charge in [0.05, 0.1) is 22.1 Å². The van der Waals surface area contributed by atoms with Crippen LogP contribution in [-0.2, 0) is 6.42 Å². The minimum absolute atomic E-state index is 0.146. The molecule has 9 aromatic rings. The normalized spacial score (nSPS) is 17.3. The molecule has 2 aliphatic rings. The molecule has 51 heavy (non-hydrogen) atoms. The lowest BCUT2D eigenvalue weighted by Crippen LogP contribution is -2.43. The van der Waals surface area contributed by atoms with Crippen LogP contribution >= 0.6 is 11.3 Å². The van der Waals surface area contributed by atoms with Crippen molar-refractivity contribution >= 4 is 82.9 Å². The third-order valence-electron chi connectivity index (χ3n) is 10.4. The predicted molar refractivity (Wildman–Crippen MR) is 213 cm³/mol. The maximum Gasteiger partial charge on any atom is 0.159 e. The van der Waals surface area contributed by atoms with Gasteiger partial charge < -0.3 is 14.3 Å². The van der Waals surface area contributed by atoms with Crippen molar-refractivity contribution in [3.05, 3.63) is 167 Å². The standard InChI is InChI=1S/C45H30N4OS/c1-3-12-27(13-4-1)43-46-44(28-14-5-2-6-15-28)48-45(47-43)29-22-25-39-33(26-29)32-23-24-38-41(42(32)51-39)40-36(20-11-21-37(40)50-38)49-34-18-9-7-16-30(34)31-17-8-10-19-35(31)49/h1-25,29,45H,26H2,(H,46,47,48). The Morgan fingerprint density at radius 3 is 2.10 bits per heavy atom. The van der Waals surface area contributed by atoms with Gasteiger partial charge in [-0.2, -0.15) is 0 Å². The van der Waals surface area contributed by atoms with Gasteiger partial charge >= 0.3 is 0 Å². The van der Waals surface area contributed by atoms with E-state index < -0.39 is 0 Å². The average molecular weight is 675 g/mol. The van der Waals surface area contributed by atoms with Crippen LogP contribution in [0.1, 0.15) is 21.6 Å². The molecule has 6 heteroatoms. The zero-order valence-corrected chi connectivity index (χ0v) is 28.3. The first-order valence-corrected chi connectivity index (χ1v) is 18.2. The summed E-state index contributed by atoms with van der Waals surface area (Å²) in [6, 6.07) is 48.9. The number of nitrogens with zero attached hydrogens (tertiary/aromatic N) is 3. The highest BCUT2D eigenvalue weighted by Gasteiger charge is 2.30. The molecular formula is C45H30N4OS. The van der Waals surface area contributed by atoms with Crippen LogP contribution in [0.15, 0.2) is 160 Å². The Balaban J connectivity index is 1.05. The minimum atomic E-state index is -0.160. The van der Waals surface area contributed by atoms with Gasteiger partial charge in [0, 0.05) is 42.8 Å². The molecule has 0 bridgehead atoms. The van der Waals surface area contributed by atoms with Crippen molar-refractivity contribution in [2.45, 2.75) is 12.6 Å². The predicted octanol–water partition coefficient (Wildman–Crippen LogP) is 10.9. The highest BCUT2D eigenvalue weighted by atomic mass is 32.1. The van der Waals surface area contributed by atoms with Crippen molar-refractivity contribution in [3.63, 3.8) is 0 Å². The van der Waals surface area contributed by atoms with Gasteiger partial charge in [-0.3, -0.25) is 0 Å². The number of hydrogen-bond acceptors (Lipinski definition) is 5. The van der Waals surface area contributed by atoms with Gasteiger partial charge in [0.25, 0.3) is 0 Å². The molecule has 1 aliphatic heterocycles. The molecule has 1 aliphatic carbocycles. The summed E-state index contributed by atoms with van der Waals surface area (Å²) in [6.07, 6.45) is 5.36. The topological polar surface area (TPSA) is 54.8 Å². The molecule has 0 amide bonds. The summed E-state index contributed by atoms with van der Waals surface area (Å²) < 4.78 is 10.3. The third-order valence-corrected chi connectivity index (χ3v) is 11.7. The van der Waals surface area contributed by atoms with Gasteiger partial charge in [-0.15, -0.1) is 11.3 Å². The lowest BCUT2D eigenvalue weighted by Gasteiger charge is -2.29. The van der Waals surface area contributed by atoms with Crippen LogP contribution < -0.4 is 5.32 Å². The monoisotopic (exact) mass is 674 g/mol. The van der Waals surface area contributed by atoms with Crippen molar-refractivity contribution in [3.8, 4) is 5.69 Å². The number of aromatic nitrogens is 1. The number of rotatable bonds is 4. The fraction of sp³-hybridized carbons (Fsp3) is 0.0667. The van der Waals surface area contributed by atoms with Gasteiger partial charge in [0.15, 0.2) is 5.84 Å². The fourth-order valence-electron chi connectivity index (χ4n) is 8.10. The Bertz CT molecular complexity index is 2870. The quantitative estimate of drug-likeness (QED) is 0.202. The Morgan fingerprint density at radius 2 is 1.33 bits per heavy atom. The van der Waals surface area contributed by atoms with Crippen LogP contribution in [0.4, 0.5) is 0 Å². The van der Waals surface area contributed by atoms with Crippen molar-refractivity contribution < 1.29 is 4.42 Å². The van der Waals surface area contributed by atoms with E-state index in [1.165, 1.54) is 47.7 Å². The van der Waals surface area contributed by atoms with Crippen LogP contribution in [0, 0.1) is 5.92 Å². The molecule has 5 nitrogen and oxygen atoms in total. The number of furan rings is 1. The molecule has 0 spiro atoms. The number of thiophene rings is 1. The number of para-hydroxylation sites is 2. The van der Waals surface area contributed by atoms with Crippen molar-refractivity contribution in [1.82, 2.24) is 9.88 Å². The highest BCUT2D eigenvalue weighted by Crippen LogP contribution is 2.46. The number of aliphatic imine (C=N–C) groups is 2. The molecule has 0 radical (unpaired) electrons. The first kappa shape index (κ1) is 28.6. The number of amidine groups is 2. The van der Waals surface area contributed by atoms with Gasteiger partial charge in [-0.1, -0.05) is 109 Å². The van der Waals surface area contributed by atoms with E-state index in [-0.39, 0.29) is 12.1 Å². The lowest BCUT2D eigenvalue weighted by atomic mass is 9.89. The summed E-state index contributed by atoms with van der Waals surface area (Å²) >= 11 is 1.87. The second-order valence-electron chi connectivity index (χ2n) is 13.3. The molecular weight excluding hydrogens is 645 g/mol. The van der Waals surface area contributed by atoms with Crippen LogP contribution in [0.3, 0.4) is 0 Å². The van der Waals surface area contributed by atoms with Crippen molar-refractivity contribution in [2.24, 2.45) is 15.9 Å². The molecule has 4 heterocycles. The third kappa shape index (κ3) is 4.40. The second kappa shape index (κ2) is 11.1. The lowest BCUT2D eigenvalue weighted by molar-refractivity contribution is 0.471. The molecule has 242 valence electrons. The fourth-order valence-corrected chi connectivity index (χ4v) is 9.39. The van der Waals surface area contributed by atoms with Crippen LogP contribution in [0.5, 0.6) is 0 Å². The van der Waals surface area contributed by atoms with Crippen molar-refractivity contribution in [1.29, 1.82) is 0 Å². The molecule has 1 N–H and O–H groups in total. The first-order valence-electron chi connectivity index (χ1n) is 17.4. The highest BCUT2D eigenvalue weighted by molar-refractivity contribution is 7.21. The molecule has 0 saturated carbocycles. The van der Waals surface area contributed by atoms with E-state index in [2.05, 4.69) is 137 Å². The summed E-state index contributed by atoms with van der Waals surface area (Å²) in [5.74, 6) is 1.76. The average Bonchev–Trinajstić information content (AvgIpc) is 3.88. The van der Waals surface area contributed by atoms with E-state index >= 15 is 0 Å². The number of hydrogen-bond donors (Lipinski definition) is 1. The Labute approximate surface area is 297 Å². The number of nitrogens with one attached hydrogen (secondary N) is 1. The van der Waals surface area contributed by atoms with Gasteiger partial charge in [0.2, 0.25) is 0 Å². The zero-order chi connectivity index (χ0) is 33.5. The van der Waals surface area contributed by atoms with E-state index in [9.17, 15) is 0 Å². The van der Waals surface area contributed by atoms with Gasteiger partial charge in [0.1, 0.15) is 23.2 Å². The summed E-state index contributed by atoms with van der Waals surface area (Å²) in [6.45, 7) is 0. The summed E-state index contributed by atoms with van der Waals surface area (Å²) in [7, 11) is 0. The smallest absolute Gasteiger partial charge is 0.159 e. The molecule has 11 rings (SSSR count). The minimum Gasteiger partial charge on any atom is -0.456 e. The summed E-state index contributed by atoms with van der Waals surface area (Å²) in [4.78, 5) is 11.5. The zero-order valence-electron chi connectivity index (χ0n) is 27.5. The van der Waals surface area contributed by atoms with Crippen LogP contribution in [0.25, 0.3) is 65.6 Å². The number of benzene rings is 6. The molecule has 3 aromatic heterocycles. The Kier molecular flexibility index (Phi) is 6.24. The molecule has 2 unspecified atom stereocenters. The molecule has 6 aromatic carbocycles. The Hall–Kier alpha value is -6.24. The van der Waals surface area contributed by atoms with Gasteiger partial charge in [-0.25, -0.2) is 9.98 Å². The van der Waals surface area contributed by atoms with E-state index in [0.717, 1.165) is 51.5 Å². The van der Waals surface area contributed by atoms with E-state index in [4.69, 9.17) is 14.4 Å². The SMILES string of the molecule is C1=CC(C2N=C(c3ccccc3)N=C(c3ccccc3)N2)Cc2c1sc1c2ccc2oc3cccc(-n4c5ccccc5c5ccccc54)c3c21. The summed E-state index contributed by atoms with van der Waals surface area (Å²) in [5.41, 5.74) is 8.79. The molecule has 0 fully saturated rings. The van der Waals surface area contributed by atoms with Gasteiger partial charge in [-0.05, 0) is 59.8 Å². The maximum atomic E-state index is 6.61. The second-order valence-corrected chi connectivity index (χ2v) is 14.4. The molecule has 2 atom stereocenters. The largest absolute Gasteiger partial charge is 0.456 e. The van der Waals surface area contributed by atoms with E-state index in [1.807, 2.05) is 35.6 Å². The Morgan fingerprint density at radius 1 is 0.647 bits per heavy atom. The van der Waals surface area contributed by atoms with E-state index in [1.54, 1.807) is 0 Å². The maximum absolute atomic E-state index is 6.61.